The monoisotopic (exact) mass is 501 g/mol. The third-order valence-corrected chi connectivity index (χ3v) is 7.05. The van der Waals surface area contributed by atoms with E-state index in [-0.39, 0.29) is 24.4 Å². The van der Waals surface area contributed by atoms with Crippen LogP contribution >= 0.6 is 0 Å². The summed E-state index contributed by atoms with van der Waals surface area (Å²) in [6, 6.07) is 24.9. The summed E-state index contributed by atoms with van der Waals surface area (Å²) in [5.41, 5.74) is 1.93. The van der Waals surface area contributed by atoms with E-state index >= 15 is 0 Å². The van der Waals surface area contributed by atoms with Crippen LogP contribution in [0.25, 0.3) is 21.9 Å². The number of ether oxygens (including phenoxy) is 3. The molecule has 5 rings (SSSR count). The largest absolute Gasteiger partial charge is 0.508 e. The van der Waals surface area contributed by atoms with Gasteiger partial charge in [-0.05, 0) is 91.5 Å². The van der Waals surface area contributed by atoms with Gasteiger partial charge in [-0.2, -0.15) is 0 Å². The predicted octanol–water partition coefficient (Wildman–Crippen LogP) is 7.07. The standard InChI is InChI=1S/C31H32FNO4/c1-21(33-16-15-22(18-32)19-33)20-36-27-9-11-28(12-10-27)37-31-29(23-3-7-26(35-2)8-4-23)13-5-24-17-25(34)6-14-30(24)31/h3-14,17,21-22,34H,15-16,18-20H2,1-2H3. The van der Waals surface area contributed by atoms with Gasteiger partial charge in [-0.1, -0.05) is 18.2 Å². The molecule has 1 N–H and O–H groups in total. The zero-order chi connectivity index (χ0) is 25.8. The van der Waals surface area contributed by atoms with Crippen LogP contribution in [0.2, 0.25) is 0 Å². The van der Waals surface area contributed by atoms with Crippen LogP contribution in [0.3, 0.4) is 0 Å². The summed E-state index contributed by atoms with van der Waals surface area (Å²) in [6.45, 7) is 4.15. The lowest BCUT2D eigenvalue weighted by Crippen LogP contribution is -2.35. The molecule has 0 aromatic heterocycles. The van der Waals surface area contributed by atoms with Crippen molar-refractivity contribution in [3.05, 3.63) is 78.9 Å². The number of hydrogen-bond donors (Lipinski definition) is 1. The summed E-state index contributed by atoms with van der Waals surface area (Å²) in [6.07, 6.45) is 0.916. The molecule has 4 aromatic rings. The van der Waals surface area contributed by atoms with Crippen LogP contribution in [0.4, 0.5) is 4.39 Å². The van der Waals surface area contributed by atoms with Gasteiger partial charge >= 0.3 is 0 Å². The second-order valence-corrected chi connectivity index (χ2v) is 9.61. The summed E-state index contributed by atoms with van der Waals surface area (Å²) >= 11 is 0. The van der Waals surface area contributed by atoms with E-state index in [9.17, 15) is 9.50 Å². The van der Waals surface area contributed by atoms with Gasteiger partial charge in [-0.3, -0.25) is 9.29 Å². The van der Waals surface area contributed by atoms with Crippen molar-refractivity contribution in [3.8, 4) is 39.9 Å². The minimum Gasteiger partial charge on any atom is -0.508 e. The van der Waals surface area contributed by atoms with E-state index in [1.165, 1.54) is 0 Å². The Morgan fingerprint density at radius 3 is 2.38 bits per heavy atom. The minimum atomic E-state index is -0.246. The molecule has 1 heterocycles. The lowest BCUT2D eigenvalue weighted by Gasteiger charge is -2.24. The Morgan fingerprint density at radius 1 is 0.946 bits per heavy atom. The molecule has 6 heteroatoms. The van der Waals surface area contributed by atoms with E-state index in [0.717, 1.165) is 52.9 Å². The van der Waals surface area contributed by atoms with Crippen LogP contribution in [0.1, 0.15) is 13.3 Å². The van der Waals surface area contributed by atoms with Crippen LogP contribution < -0.4 is 14.2 Å². The molecular weight excluding hydrogens is 469 g/mol. The molecule has 192 valence electrons. The third kappa shape index (κ3) is 5.65. The first kappa shape index (κ1) is 24.9. The van der Waals surface area contributed by atoms with Gasteiger partial charge < -0.3 is 19.3 Å². The van der Waals surface area contributed by atoms with Crippen molar-refractivity contribution in [2.24, 2.45) is 5.92 Å². The van der Waals surface area contributed by atoms with Gasteiger partial charge in [0.2, 0.25) is 0 Å². The highest BCUT2D eigenvalue weighted by molar-refractivity contribution is 5.96. The predicted molar refractivity (Wildman–Crippen MR) is 145 cm³/mol. The average molecular weight is 502 g/mol. The molecule has 0 aliphatic carbocycles. The van der Waals surface area contributed by atoms with Gasteiger partial charge in [-0.15, -0.1) is 0 Å². The molecule has 4 aromatic carbocycles. The molecular formula is C31H32FNO4. The molecule has 0 saturated carbocycles. The number of hydrogen-bond acceptors (Lipinski definition) is 5. The van der Waals surface area contributed by atoms with E-state index < -0.39 is 0 Å². The molecule has 1 fully saturated rings. The zero-order valence-electron chi connectivity index (χ0n) is 21.2. The van der Waals surface area contributed by atoms with Crippen LogP contribution in [-0.4, -0.2) is 49.5 Å². The van der Waals surface area contributed by atoms with Gasteiger partial charge in [0.1, 0.15) is 35.4 Å². The Labute approximate surface area is 217 Å². The average Bonchev–Trinajstić information content (AvgIpc) is 3.42. The highest BCUT2D eigenvalue weighted by atomic mass is 19.1. The fourth-order valence-corrected chi connectivity index (χ4v) is 4.83. The second-order valence-electron chi connectivity index (χ2n) is 9.61. The number of methoxy groups -OCH3 is 1. The van der Waals surface area contributed by atoms with Gasteiger partial charge in [0.25, 0.3) is 0 Å². The molecule has 2 unspecified atom stereocenters. The number of nitrogens with zero attached hydrogens (tertiary/aromatic N) is 1. The summed E-state index contributed by atoms with van der Waals surface area (Å²) < 4.78 is 30.7. The first-order valence-corrected chi connectivity index (χ1v) is 12.6. The smallest absolute Gasteiger partial charge is 0.143 e. The van der Waals surface area contributed by atoms with Gasteiger partial charge in [-0.25, -0.2) is 0 Å². The van der Waals surface area contributed by atoms with E-state index in [2.05, 4.69) is 11.8 Å². The molecule has 1 saturated heterocycles. The molecule has 1 aliphatic rings. The lowest BCUT2D eigenvalue weighted by atomic mass is 9.99. The minimum absolute atomic E-state index is 0.153. The van der Waals surface area contributed by atoms with Gasteiger partial charge in [0, 0.05) is 29.5 Å². The SMILES string of the molecule is COc1ccc(-c2ccc3cc(O)ccc3c2Oc2ccc(OCC(C)N3CCC(CF)C3)cc2)cc1. The Kier molecular flexibility index (Phi) is 7.47. The summed E-state index contributed by atoms with van der Waals surface area (Å²) in [5, 5.41) is 11.8. The van der Waals surface area contributed by atoms with Crippen molar-refractivity contribution in [2.45, 2.75) is 19.4 Å². The van der Waals surface area contributed by atoms with Crippen molar-refractivity contribution >= 4 is 10.8 Å². The highest BCUT2D eigenvalue weighted by Crippen LogP contribution is 2.41. The number of rotatable bonds is 9. The maximum atomic E-state index is 13.0. The quantitative estimate of drug-likeness (QED) is 0.266. The Bertz CT molecular complexity index is 1340. The highest BCUT2D eigenvalue weighted by Gasteiger charge is 2.26. The Balaban J connectivity index is 1.35. The molecule has 0 spiro atoms. The number of aromatic hydroxyl groups is 1. The second kappa shape index (κ2) is 11.1. The maximum Gasteiger partial charge on any atom is 0.143 e. The topological polar surface area (TPSA) is 51.2 Å². The molecule has 0 amide bonds. The van der Waals surface area contributed by atoms with Gasteiger partial charge in [0.05, 0.1) is 13.8 Å². The van der Waals surface area contributed by atoms with E-state index in [4.69, 9.17) is 14.2 Å². The summed E-state index contributed by atoms with van der Waals surface area (Å²) in [7, 11) is 1.65. The normalized spacial score (nSPS) is 16.6. The Morgan fingerprint density at radius 2 is 1.68 bits per heavy atom. The first-order chi connectivity index (χ1) is 18.0. The molecule has 5 nitrogen and oxygen atoms in total. The third-order valence-electron chi connectivity index (χ3n) is 7.05. The van der Waals surface area contributed by atoms with E-state index in [1.807, 2.05) is 66.7 Å². The number of likely N-dealkylation sites (tertiary alicyclic amines) is 1. The van der Waals surface area contributed by atoms with Gasteiger partial charge in [0.15, 0.2) is 0 Å². The molecule has 1 aliphatic heterocycles. The van der Waals surface area contributed by atoms with Crippen LogP contribution in [-0.2, 0) is 0 Å². The summed E-state index contributed by atoms with van der Waals surface area (Å²) in [5.74, 6) is 3.30. The van der Waals surface area contributed by atoms with Crippen LogP contribution in [0.5, 0.6) is 28.7 Å². The summed E-state index contributed by atoms with van der Waals surface area (Å²) in [4.78, 5) is 2.29. The number of fused-ring (bicyclic) bond motifs is 1. The Hall–Kier alpha value is -3.77. The number of benzene rings is 4. The maximum absolute atomic E-state index is 13.0. The number of phenolic OH excluding ortho intramolecular Hbond substituents is 1. The van der Waals surface area contributed by atoms with Crippen molar-refractivity contribution < 1.29 is 23.7 Å². The number of alkyl halides is 1. The molecule has 37 heavy (non-hydrogen) atoms. The molecule has 0 bridgehead atoms. The molecule has 2 atom stereocenters. The number of halogens is 1. The lowest BCUT2D eigenvalue weighted by molar-refractivity contribution is 0.165. The van der Waals surface area contributed by atoms with E-state index in [0.29, 0.717) is 18.1 Å². The zero-order valence-corrected chi connectivity index (χ0v) is 21.2. The van der Waals surface area contributed by atoms with Crippen molar-refractivity contribution in [1.29, 1.82) is 0 Å². The fraction of sp³-hybridized carbons (Fsp3) is 0.290. The fourth-order valence-electron chi connectivity index (χ4n) is 4.83. The van der Waals surface area contributed by atoms with E-state index in [1.54, 1.807) is 19.2 Å². The number of phenols is 1. The van der Waals surface area contributed by atoms with Crippen molar-refractivity contribution in [2.75, 3.05) is 33.5 Å². The first-order valence-electron chi connectivity index (χ1n) is 12.6. The van der Waals surface area contributed by atoms with Crippen LogP contribution in [0.15, 0.2) is 78.9 Å². The van der Waals surface area contributed by atoms with Crippen molar-refractivity contribution in [1.82, 2.24) is 4.90 Å². The van der Waals surface area contributed by atoms with Crippen LogP contribution in [0, 0.1) is 5.92 Å². The van der Waals surface area contributed by atoms with Crippen molar-refractivity contribution in [3.63, 3.8) is 0 Å². The molecule has 0 radical (unpaired) electrons.